The average Bonchev–Trinajstić information content (AvgIpc) is 3.13. The van der Waals surface area contributed by atoms with Crippen LogP contribution in [0.3, 0.4) is 0 Å². The van der Waals surface area contributed by atoms with Gasteiger partial charge < -0.3 is 0 Å². The SMILES string of the molecule is Clc1c(-c2ccc3ccc4cccc5ccc2c3c45)ccc2c1ccc1c(-c3ccc4ccc5cccc6ccc3c4c56)ccc(Cl)c12. The maximum absolute atomic E-state index is 7.40. The monoisotopic (exact) mass is 646 g/mol. The lowest BCUT2D eigenvalue weighted by Crippen LogP contribution is -1.91. The molecular formula is C46H24Cl2. The van der Waals surface area contributed by atoms with Crippen LogP contribution in [0, 0.1) is 0 Å². The first kappa shape index (κ1) is 26.6. The predicted molar refractivity (Wildman–Crippen MR) is 210 cm³/mol. The highest BCUT2D eigenvalue weighted by Gasteiger charge is 2.19. The second-order valence-electron chi connectivity index (χ2n) is 13.0. The van der Waals surface area contributed by atoms with Gasteiger partial charge in [0.1, 0.15) is 0 Å². The number of hydrogen-bond donors (Lipinski definition) is 0. The minimum Gasteiger partial charge on any atom is -0.0836 e. The van der Waals surface area contributed by atoms with Crippen LogP contribution >= 0.6 is 23.2 Å². The molecule has 0 unspecified atom stereocenters. The van der Waals surface area contributed by atoms with Crippen molar-refractivity contribution in [3.63, 3.8) is 0 Å². The molecule has 0 heterocycles. The summed E-state index contributed by atoms with van der Waals surface area (Å²) in [5.74, 6) is 0. The van der Waals surface area contributed by atoms with Gasteiger partial charge in [0.15, 0.2) is 0 Å². The van der Waals surface area contributed by atoms with Crippen LogP contribution < -0.4 is 0 Å². The Morgan fingerprint density at radius 3 is 1.17 bits per heavy atom. The van der Waals surface area contributed by atoms with E-state index in [1.807, 2.05) is 6.07 Å². The van der Waals surface area contributed by atoms with Gasteiger partial charge in [-0.15, -0.1) is 0 Å². The molecule has 0 nitrogen and oxygen atoms in total. The fourth-order valence-corrected chi connectivity index (χ4v) is 9.16. The third-order valence-electron chi connectivity index (χ3n) is 10.7. The lowest BCUT2D eigenvalue weighted by atomic mass is 9.87. The van der Waals surface area contributed by atoms with E-state index in [2.05, 4.69) is 140 Å². The zero-order valence-electron chi connectivity index (χ0n) is 25.6. The fourth-order valence-electron chi connectivity index (χ4n) is 8.56. The minimum atomic E-state index is 0.726. The second kappa shape index (κ2) is 9.58. The van der Waals surface area contributed by atoms with Crippen molar-refractivity contribution in [2.75, 3.05) is 0 Å². The molecular weight excluding hydrogens is 623 g/mol. The minimum absolute atomic E-state index is 0.726. The Balaban J connectivity index is 1.16. The summed E-state index contributed by atoms with van der Waals surface area (Å²) in [6.07, 6.45) is 0. The van der Waals surface area contributed by atoms with Crippen molar-refractivity contribution < 1.29 is 0 Å². The Labute approximate surface area is 286 Å². The first-order valence-corrected chi connectivity index (χ1v) is 17.1. The standard InChI is InChI=1S/C46H24Cl2/c47-40-24-23-32(31-15-11-29-9-7-25-3-1-5-27-13-17-34(31)43(29)41(25)27)36-19-22-39-37(45(36)40)20-21-38(46(39)48)33-16-12-30-10-8-26-4-2-6-28-14-18-35(33)44(30)42(26)28/h1-24H. The van der Waals surface area contributed by atoms with Crippen molar-refractivity contribution in [2.45, 2.75) is 0 Å². The predicted octanol–water partition coefficient (Wildman–Crippen LogP) is 14.4. The smallest absolute Gasteiger partial charge is 0.0563 e. The molecule has 0 amide bonds. The maximum Gasteiger partial charge on any atom is 0.0563 e. The van der Waals surface area contributed by atoms with E-state index >= 15 is 0 Å². The van der Waals surface area contributed by atoms with Crippen LogP contribution in [-0.4, -0.2) is 0 Å². The summed E-state index contributed by atoms with van der Waals surface area (Å²) >= 11 is 14.5. The van der Waals surface area contributed by atoms with Crippen molar-refractivity contribution >= 4 is 109 Å². The molecule has 0 fully saturated rings. The van der Waals surface area contributed by atoms with Crippen molar-refractivity contribution in [2.24, 2.45) is 0 Å². The van der Waals surface area contributed by atoms with E-state index in [4.69, 9.17) is 23.2 Å². The summed E-state index contributed by atoms with van der Waals surface area (Å²) in [5, 5.41) is 20.9. The van der Waals surface area contributed by atoms with Crippen LogP contribution in [0.25, 0.3) is 108 Å². The van der Waals surface area contributed by atoms with E-state index in [-0.39, 0.29) is 0 Å². The molecule has 2 heteroatoms. The highest BCUT2D eigenvalue weighted by molar-refractivity contribution is 6.43. The molecule has 0 bridgehead atoms. The van der Waals surface area contributed by atoms with Gasteiger partial charge in [-0.25, -0.2) is 0 Å². The largest absolute Gasteiger partial charge is 0.0836 e. The molecule has 0 saturated heterocycles. The van der Waals surface area contributed by atoms with Gasteiger partial charge in [-0.2, -0.15) is 0 Å². The molecule has 0 aliphatic rings. The molecule has 0 aliphatic carbocycles. The zero-order valence-corrected chi connectivity index (χ0v) is 27.1. The summed E-state index contributed by atoms with van der Waals surface area (Å²) in [6.45, 7) is 0. The highest BCUT2D eigenvalue weighted by atomic mass is 35.5. The first-order valence-electron chi connectivity index (χ1n) is 16.3. The molecule has 0 aromatic heterocycles. The van der Waals surface area contributed by atoms with Crippen molar-refractivity contribution in [3.8, 4) is 22.3 Å². The van der Waals surface area contributed by atoms with Gasteiger partial charge in [0, 0.05) is 21.4 Å². The van der Waals surface area contributed by atoms with E-state index in [0.717, 1.165) is 42.7 Å². The van der Waals surface area contributed by atoms with Crippen molar-refractivity contribution in [1.82, 2.24) is 0 Å². The molecule has 11 rings (SSSR count). The molecule has 0 aliphatic heterocycles. The molecule has 48 heavy (non-hydrogen) atoms. The van der Waals surface area contributed by atoms with E-state index in [1.54, 1.807) is 0 Å². The Kier molecular flexibility index (Phi) is 5.32. The number of rotatable bonds is 2. The highest BCUT2D eigenvalue weighted by Crippen LogP contribution is 2.47. The number of halogens is 2. The number of hydrogen-bond acceptors (Lipinski definition) is 0. The average molecular weight is 648 g/mol. The molecule has 0 radical (unpaired) electrons. The molecule has 0 N–H and O–H groups in total. The van der Waals surface area contributed by atoms with Crippen LogP contribution in [0.1, 0.15) is 0 Å². The molecule has 11 aromatic carbocycles. The number of fused-ring (bicyclic) bond motifs is 3. The molecule has 0 atom stereocenters. The molecule has 0 spiro atoms. The summed E-state index contributed by atoms with van der Waals surface area (Å²) in [5.41, 5.74) is 4.54. The quantitative estimate of drug-likeness (QED) is 0.164. The Morgan fingerprint density at radius 2 is 0.604 bits per heavy atom. The van der Waals surface area contributed by atoms with Gasteiger partial charge in [0.2, 0.25) is 0 Å². The van der Waals surface area contributed by atoms with E-state index in [0.29, 0.717) is 0 Å². The lowest BCUT2D eigenvalue weighted by Gasteiger charge is -2.18. The molecule has 0 saturated carbocycles. The fraction of sp³-hybridized carbons (Fsp3) is 0. The third-order valence-corrected chi connectivity index (χ3v) is 11.4. The van der Waals surface area contributed by atoms with Crippen LogP contribution in [-0.2, 0) is 0 Å². The second-order valence-corrected chi connectivity index (χ2v) is 13.8. The lowest BCUT2D eigenvalue weighted by molar-refractivity contribution is 1.69. The van der Waals surface area contributed by atoms with Crippen LogP contribution in [0.5, 0.6) is 0 Å². The normalized spacial score (nSPS) is 12.4. The van der Waals surface area contributed by atoms with E-state index < -0.39 is 0 Å². The summed E-state index contributed by atoms with van der Waals surface area (Å²) in [7, 11) is 0. The van der Waals surface area contributed by atoms with Gasteiger partial charge in [0.25, 0.3) is 0 Å². The van der Waals surface area contributed by atoms with Gasteiger partial charge in [0.05, 0.1) is 5.02 Å². The molecule has 222 valence electrons. The Morgan fingerprint density at radius 1 is 0.250 bits per heavy atom. The summed E-state index contributed by atoms with van der Waals surface area (Å²) in [4.78, 5) is 0. The molecule has 11 aromatic rings. The van der Waals surface area contributed by atoms with Crippen molar-refractivity contribution in [3.05, 3.63) is 156 Å². The first-order chi connectivity index (χ1) is 23.6. The Hall–Kier alpha value is -5.40. The van der Waals surface area contributed by atoms with Gasteiger partial charge in [-0.1, -0.05) is 163 Å². The van der Waals surface area contributed by atoms with Gasteiger partial charge in [-0.05, 0) is 98.2 Å². The summed E-state index contributed by atoms with van der Waals surface area (Å²) < 4.78 is 0. The topological polar surface area (TPSA) is 0 Å². The van der Waals surface area contributed by atoms with Crippen molar-refractivity contribution in [1.29, 1.82) is 0 Å². The van der Waals surface area contributed by atoms with Gasteiger partial charge in [-0.3, -0.25) is 0 Å². The van der Waals surface area contributed by atoms with Gasteiger partial charge >= 0.3 is 0 Å². The van der Waals surface area contributed by atoms with Crippen LogP contribution in [0.2, 0.25) is 10.0 Å². The maximum atomic E-state index is 7.40. The summed E-state index contributed by atoms with van der Waals surface area (Å²) in [6, 6.07) is 52.9. The van der Waals surface area contributed by atoms with Crippen LogP contribution in [0.4, 0.5) is 0 Å². The Bertz CT molecular complexity index is 3100. The third kappa shape index (κ3) is 3.46. The van der Waals surface area contributed by atoms with E-state index in [1.165, 1.54) is 75.8 Å². The zero-order chi connectivity index (χ0) is 31.7. The number of benzene rings is 11. The van der Waals surface area contributed by atoms with E-state index in [9.17, 15) is 0 Å². The van der Waals surface area contributed by atoms with Crippen LogP contribution in [0.15, 0.2) is 146 Å².